The highest BCUT2D eigenvalue weighted by Gasteiger charge is 2.20. The number of amides is 1. The molecule has 2 aromatic carbocycles. The Balaban J connectivity index is 1.24. The number of thiazole rings is 1. The lowest BCUT2D eigenvalue weighted by Crippen LogP contribution is -2.48. The smallest absolute Gasteiger partial charge is 0.251 e. The largest absolute Gasteiger partial charge is 0.351 e. The maximum Gasteiger partial charge on any atom is 0.251 e. The lowest BCUT2D eigenvalue weighted by atomic mass is 10.1. The average Bonchev–Trinajstić information content (AvgIpc) is 3.17. The molecule has 1 amide bonds. The molecule has 1 N–H and O–H groups in total. The van der Waals surface area contributed by atoms with Crippen LogP contribution >= 0.6 is 22.9 Å². The van der Waals surface area contributed by atoms with E-state index in [1.807, 2.05) is 18.2 Å². The fourth-order valence-corrected chi connectivity index (χ4v) is 4.60. The zero-order chi connectivity index (χ0) is 20.2. The minimum Gasteiger partial charge on any atom is -0.351 e. The van der Waals surface area contributed by atoms with Gasteiger partial charge in [0.25, 0.3) is 5.91 Å². The summed E-state index contributed by atoms with van der Waals surface area (Å²) >= 11 is 7.75. The normalized spacial score (nSPS) is 14.7. The number of hydrogen-bond acceptors (Lipinski definition) is 6. The SMILES string of the molecule is N#Cc1ccc(C(=O)NCCN2CCN(c3nc4ccc(Cl)cc4s3)CC2)cc1. The number of nitrogens with zero attached hydrogens (tertiary/aromatic N) is 4. The molecule has 0 atom stereocenters. The molecule has 0 radical (unpaired) electrons. The van der Waals surface area contributed by atoms with E-state index in [1.165, 1.54) is 0 Å². The van der Waals surface area contributed by atoms with Crippen molar-refractivity contribution in [1.82, 2.24) is 15.2 Å². The fourth-order valence-electron chi connectivity index (χ4n) is 3.31. The van der Waals surface area contributed by atoms with Crippen LogP contribution in [0.25, 0.3) is 10.2 Å². The standard InChI is InChI=1S/C21H20ClN5OS/c22-17-5-6-18-19(13-17)29-21(25-18)27-11-9-26(10-12-27)8-7-24-20(28)16-3-1-15(14-23)2-4-16/h1-6,13H,7-12H2,(H,24,28). The van der Waals surface area contributed by atoms with Crippen molar-refractivity contribution < 1.29 is 4.79 Å². The monoisotopic (exact) mass is 425 g/mol. The maximum absolute atomic E-state index is 12.2. The van der Waals surface area contributed by atoms with Gasteiger partial charge < -0.3 is 10.2 Å². The molecule has 0 aliphatic carbocycles. The molecule has 29 heavy (non-hydrogen) atoms. The van der Waals surface area contributed by atoms with Gasteiger partial charge in [-0.15, -0.1) is 0 Å². The zero-order valence-electron chi connectivity index (χ0n) is 15.8. The van der Waals surface area contributed by atoms with Crippen LogP contribution in [-0.4, -0.2) is 55.1 Å². The molecular weight excluding hydrogens is 406 g/mol. The van der Waals surface area contributed by atoms with Crippen molar-refractivity contribution in [2.24, 2.45) is 0 Å². The van der Waals surface area contributed by atoms with Crippen LogP contribution in [0.4, 0.5) is 5.13 Å². The quantitative estimate of drug-likeness (QED) is 0.678. The van der Waals surface area contributed by atoms with E-state index in [0.29, 0.717) is 17.7 Å². The number of nitriles is 1. The minimum atomic E-state index is -0.110. The van der Waals surface area contributed by atoms with E-state index in [2.05, 4.69) is 21.2 Å². The third kappa shape index (κ3) is 4.67. The Bertz CT molecular complexity index is 1050. The van der Waals surface area contributed by atoms with E-state index >= 15 is 0 Å². The summed E-state index contributed by atoms with van der Waals surface area (Å²) in [5.74, 6) is -0.110. The average molecular weight is 426 g/mol. The predicted octanol–water partition coefficient (Wildman–Crippen LogP) is 3.37. The topological polar surface area (TPSA) is 72.3 Å². The molecule has 1 saturated heterocycles. The zero-order valence-corrected chi connectivity index (χ0v) is 17.3. The lowest BCUT2D eigenvalue weighted by molar-refractivity contribution is 0.0948. The van der Waals surface area contributed by atoms with Crippen molar-refractivity contribution in [1.29, 1.82) is 5.26 Å². The van der Waals surface area contributed by atoms with Gasteiger partial charge in [-0.3, -0.25) is 9.69 Å². The van der Waals surface area contributed by atoms with Crippen LogP contribution in [0.5, 0.6) is 0 Å². The summed E-state index contributed by atoms with van der Waals surface area (Å²) in [5.41, 5.74) is 2.11. The molecule has 148 valence electrons. The number of piperazine rings is 1. The van der Waals surface area contributed by atoms with Crippen LogP contribution < -0.4 is 10.2 Å². The number of carbonyl (C=O) groups is 1. The van der Waals surface area contributed by atoms with Crippen molar-refractivity contribution in [3.8, 4) is 6.07 Å². The molecule has 4 rings (SSSR count). The van der Waals surface area contributed by atoms with Gasteiger partial charge >= 0.3 is 0 Å². The van der Waals surface area contributed by atoms with Gasteiger partial charge in [-0.2, -0.15) is 5.26 Å². The van der Waals surface area contributed by atoms with E-state index in [1.54, 1.807) is 35.6 Å². The molecule has 0 spiro atoms. The molecule has 0 unspecified atom stereocenters. The van der Waals surface area contributed by atoms with Crippen molar-refractivity contribution in [2.75, 3.05) is 44.2 Å². The Morgan fingerprint density at radius 2 is 1.93 bits per heavy atom. The highest BCUT2D eigenvalue weighted by atomic mass is 35.5. The molecule has 0 saturated carbocycles. The van der Waals surface area contributed by atoms with Gasteiger partial charge in [-0.25, -0.2) is 4.98 Å². The summed E-state index contributed by atoms with van der Waals surface area (Å²) in [4.78, 5) is 21.6. The second-order valence-electron chi connectivity index (χ2n) is 6.88. The van der Waals surface area contributed by atoms with Gasteiger partial charge in [0.2, 0.25) is 0 Å². The van der Waals surface area contributed by atoms with Crippen LogP contribution in [0.2, 0.25) is 5.02 Å². The number of aromatic nitrogens is 1. The lowest BCUT2D eigenvalue weighted by Gasteiger charge is -2.34. The highest BCUT2D eigenvalue weighted by molar-refractivity contribution is 7.22. The van der Waals surface area contributed by atoms with Crippen LogP contribution in [0.3, 0.4) is 0 Å². The Morgan fingerprint density at radius 1 is 1.17 bits per heavy atom. The summed E-state index contributed by atoms with van der Waals surface area (Å²) in [7, 11) is 0. The second kappa shape index (κ2) is 8.78. The minimum absolute atomic E-state index is 0.110. The number of anilines is 1. The molecule has 1 aliphatic rings. The third-order valence-electron chi connectivity index (χ3n) is 4.97. The predicted molar refractivity (Wildman–Crippen MR) is 117 cm³/mol. The van der Waals surface area contributed by atoms with E-state index in [4.69, 9.17) is 21.8 Å². The number of benzene rings is 2. The number of halogens is 1. The van der Waals surface area contributed by atoms with Crippen molar-refractivity contribution >= 4 is 44.2 Å². The number of rotatable bonds is 5. The molecule has 8 heteroatoms. The van der Waals surface area contributed by atoms with Gasteiger partial charge in [0.05, 0.1) is 21.8 Å². The summed E-state index contributed by atoms with van der Waals surface area (Å²) in [6.45, 7) is 5.10. The van der Waals surface area contributed by atoms with Crippen LogP contribution in [0.1, 0.15) is 15.9 Å². The Labute approximate surface area is 178 Å². The highest BCUT2D eigenvalue weighted by Crippen LogP contribution is 2.31. The van der Waals surface area contributed by atoms with Crippen molar-refractivity contribution in [2.45, 2.75) is 0 Å². The van der Waals surface area contributed by atoms with E-state index in [-0.39, 0.29) is 5.91 Å². The summed E-state index contributed by atoms with van der Waals surface area (Å²) < 4.78 is 1.11. The first-order valence-corrected chi connectivity index (χ1v) is 10.6. The van der Waals surface area contributed by atoms with Gasteiger partial charge in [-0.1, -0.05) is 22.9 Å². The molecule has 1 aliphatic heterocycles. The third-order valence-corrected chi connectivity index (χ3v) is 6.29. The van der Waals surface area contributed by atoms with E-state index in [0.717, 1.165) is 53.1 Å². The Kier molecular flexibility index (Phi) is 5.95. The van der Waals surface area contributed by atoms with Crippen molar-refractivity contribution in [3.05, 3.63) is 58.6 Å². The van der Waals surface area contributed by atoms with Crippen LogP contribution in [0, 0.1) is 11.3 Å². The van der Waals surface area contributed by atoms with Gasteiger partial charge in [-0.05, 0) is 42.5 Å². The van der Waals surface area contributed by atoms with E-state index in [9.17, 15) is 4.79 Å². The van der Waals surface area contributed by atoms with Gasteiger partial charge in [0.1, 0.15) is 0 Å². The summed E-state index contributed by atoms with van der Waals surface area (Å²) in [6, 6.07) is 14.5. The number of carbonyl (C=O) groups excluding carboxylic acids is 1. The number of fused-ring (bicyclic) bond motifs is 1. The molecule has 2 heterocycles. The molecule has 1 aromatic heterocycles. The Morgan fingerprint density at radius 3 is 2.66 bits per heavy atom. The van der Waals surface area contributed by atoms with Crippen LogP contribution in [0.15, 0.2) is 42.5 Å². The summed E-state index contributed by atoms with van der Waals surface area (Å²) in [6.07, 6.45) is 0. The first-order chi connectivity index (χ1) is 14.1. The molecular formula is C21H20ClN5OS. The fraction of sp³-hybridized carbons (Fsp3) is 0.286. The van der Waals surface area contributed by atoms with E-state index < -0.39 is 0 Å². The molecule has 6 nitrogen and oxygen atoms in total. The second-order valence-corrected chi connectivity index (χ2v) is 8.33. The van der Waals surface area contributed by atoms with Gasteiger partial charge in [0.15, 0.2) is 5.13 Å². The van der Waals surface area contributed by atoms with Gasteiger partial charge in [0, 0.05) is 49.9 Å². The molecule has 3 aromatic rings. The first-order valence-electron chi connectivity index (χ1n) is 9.44. The maximum atomic E-state index is 12.2. The number of nitrogens with one attached hydrogen (secondary N) is 1. The molecule has 1 fully saturated rings. The number of hydrogen-bond donors (Lipinski definition) is 1. The molecule has 0 bridgehead atoms. The van der Waals surface area contributed by atoms with Crippen molar-refractivity contribution in [3.63, 3.8) is 0 Å². The summed E-state index contributed by atoms with van der Waals surface area (Å²) in [5, 5.41) is 13.5. The van der Waals surface area contributed by atoms with Crippen LogP contribution in [-0.2, 0) is 0 Å². The first kappa shape index (κ1) is 19.6. The Hall–Kier alpha value is -2.66.